The van der Waals surface area contributed by atoms with Crippen molar-refractivity contribution in [3.63, 3.8) is 0 Å². The highest BCUT2D eigenvalue weighted by molar-refractivity contribution is 5.76. The maximum absolute atomic E-state index is 11.5. The van der Waals surface area contributed by atoms with Gasteiger partial charge in [0, 0.05) is 4.91 Å². The lowest BCUT2D eigenvalue weighted by molar-refractivity contribution is -0.213. The predicted molar refractivity (Wildman–Crippen MR) is 74.3 cm³/mol. The average molecular weight is 291 g/mol. The monoisotopic (exact) mass is 291 g/mol. The second-order valence-corrected chi connectivity index (χ2v) is 4.74. The third kappa shape index (κ3) is 3.52. The summed E-state index contributed by atoms with van der Waals surface area (Å²) in [5, 5.41) is 3.61. The van der Waals surface area contributed by atoms with E-state index in [1.807, 2.05) is 37.3 Å². The van der Waals surface area contributed by atoms with Crippen LogP contribution in [0, 0.1) is 0 Å². The predicted octanol–water partition coefficient (Wildman–Crippen LogP) is 2.21. The van der Waals surface area contributed by atoms with E-state index in [9.17, 15) is 4.79 Å². The largest absolute Gasteiger partial charge is 0.467 e. The fraction of sp³-hybridized carbons (Fsp3) is 0.500. The number of ether oxygens (including phenoxy) is 3. The normalized spacial score (nSPS) is 25.3. The number of hydrogen-bond acceptors (Lipinski definition) is 5. The summed E-state index contributed by atoms with van der Waals surface area (Å²) >= 11 is 0. The minimum atomic E-state index is -0.848. The molecular weight excluding hydrogens is 274 g/mol. The van der Waals surface area contributed by atoms with Gasteiger partial charge in [-0.05, 0) is 18.0 Å². The molecule has 1 aromatic rings. The molecule has 0 aliphatic carbocycles. The van der Waals surface area contributed by atoms with Gasteiger partial charge in [0.25, 0.3) is 0 Å². The first kappa shape index (κ1) is 15.3. The van der Waals surface area contributed by atoms with Crippen LogP contribution in [0.3, 0.4) is 0 Å². The van der Waals surface area contributed by atoms with E-state index in [0.29, 0.717) is 6.61 Å². The van der Waals surface area contributed by atoms with Crippen molar-refractivity contribution in [3.05, 3.63) is 46.3 Å². The minimum absolute atomic E-state index is 0.304. The summed E-state index contributed by atoms with van der Waals surface area (Å²) in [6, 6.07) is 9.10. The summed E-state index contributed by atoms with van der Waals surface area (Å²) in [7, 11) is 1.27. The van der Waals surface area contributed by atoms with Gasteiger partial charge < -0.3 is 14.2 Å². The molecule has 7 nitrogen and oxygen atoms in total. The van der Waals surface area contributed by atoms with Crippen molar-refractivity contribution in [1.82, 2.24) is 0 Å². The van der Waals surface area contributed by atoms with Crippen LogP contribution < -0.4 is 0 Å². The SMILES string of the molecule is COC(=O)[C@@H]1O[C@@H]([C@H](C)OCc2ccccc2)[C@H]1N=[N+]=[N-]. The summed E-state index contributed by atoms with van der Waals surface area (Å²) in [4.78, 5) is 14.2. The Kier molecular flexibility index (Phi) is 5.16. The zero-order chi connectivity index (χ0) is 15.2. The van der Waals surface area contributed by atoms with E-state index in [4.69, 9.17) is 15.0 Å². The van der Waals surface area contributed by atoms with Crippen LogP contribution >= 0.6 is 0 Å². The van der Waals surface area contributed by atoms with Crippen LogP contribution in [0.5, 0.6) is 0 Å². The second-order valence-electron chi connectivity index (χ2n) is 4.74. The van der Waals surface area contributed by atoms with Crippen molar-refractivity contribution in [2.45, 2.75) is 37.9 Å². The van der Waals surface area contributed by atoms with E-state index < -0.39 is 24.2 Å². The Bertz CT molecular complexity index is 530. The molecule has 0 spiro atoms. The highest BCUT2D eigenvalue weighted by Gasteiger charge is 2.49. The molecule has 2 rings (SSSR count). The zero-order valence-corrected chi connectivity index (χ0v) is 11.9. The molecular formula is C14H17N3O4. The van der Waals surface area contributed by atoms with Gasteiger partial charge in [-0.1, -0.05) is 35.4 Å². The van der Waals surface area contributed by atoms with Crippen molar-refractivity contribution in [2.75, 3.05) is 7.11 Å². The average Bonchev–Trinajstić information content (AvgIpc) is 2.50. The molecule has 1 aliphatic rings. The molecule has 0 bridgehead atoms. The molecule has 0 unspecified atom stereocenters. The fourth-order valence-corrected chi connectivity index (χ4v) is 2.20. The number of methoxy groups -OCH3 is 1. The van der Waals surface area contributed by atoms with Crippen LogP contribution in [0.2, 0.25) is 0 Å². The number of esters is 1. The van der Waals surface area contributed by atoms with Gasteiger partial charge in [-0.15, -0.1) is 0 Å². The second kappa shape index (κ2) is 7.08. The maximum atomic E-state index is 11.5. The van der Waals surface area contributed by atoms with Gasteiger partial charge in [0.05, 0.1) is 25.9 Å². The van der Waals surface area contributed by atoms with E-state index >= 15 is 0 Å². The molecule has 1 fully saturated rings. The molecule has 0 amide bonds. The third-order valence-electron chi connectivity index (χ3n) is 3.39. The van der Waals surface area contributed by atoms with E-state index in [0.717, 1.165) is 5.56 Å². The van der Waals surface area contributed by atoms with Crippen LogP contribution in [-0.4, -0.2) is 37.4 Å². The topological polar surface area (TPSA) is 93.5 Å². The molecule has 0 saturated carbocycles. The number of nitrogens with zero attached hydrogens (tertiary/aromatic N) is 3. The summed E-state index contributed by atoms with van der Waals surface area (Å²) in [5.41, 5.74) is 9.63. The number of benzene rings is 1. The minimum Gasteiger partial charge on any atom is -0.467 e. The Balaban J connectivity index is 1.92. The standard InChI is InChI=1S/C14H17N3O4/c1-9(20-8-10-6-4-3-5-7-10)12-11(16-17-15)13(21-12)14(18)19-2/h3-7,9,11-13H,8H2,1-2H3/t9-,11+,12-,13+/m0/s1. The van der Waals surface area contributed by atoms with Gasteiger partial charge in [-0.25, -0.2) is 4.79 Å². The van der Waals surface area contributed by atoms with Gasteiger partial charge in [-0.3, -0.25) is 0 Å². The smallest absolute Gasteiger partial charge is 0.335 e. The molecule has 7 heteroatoms. The van der Waals surface area contributed by atoms with Gasteiger partial charge in [0.15, 0.2) is 6.10 Å². The summed E-state index contributed by atoms with van der Waals surface area (Å²) in [5.74, 6) is -0.543. The van der Waals surface area contributed by atoms with Gasteiger partial charge in [0.1, 0.15) is 6.04 Å². The van der Waals surface area contributed by atoms with Crippen molar-refractivity contribution in [2.24, 2.45) is 5.11 Å². The van der Waals surface area contributed by atoms with E-state index in [1.54, 1.807) is 0 Å². The van der Waals surface area contributed by atoms with Crippen LogP contribution in [0.4, 0.5) is 0 Å². The summed E-state index contributed by atoms with van der Waals surface area (Å²) in [6.45, 7) is 2.24. The van der Waals surface area contributed by atoms with E-state index in [2.05, 4.69) is 14.8 Å². The van der Waals surface area contributed by atoms with E-state index in [1.165, 1.54) is 7.11 Å². The quantitative estimate of drug-likeness (QED) is 0.347. The Labute approximate surface area is 122 Å². The molecule has 0 radical (unpaired) electrons. The Hall–Kier alpha value is -2.08. The Morgan fingerprint density at radius 2 is 2.19 bits per heavy atom. The first-order valence-corrected chi connectivity index (χ1v) is 6.60. The molecule has 0 aromatic heterocycles. The number of carbonyl (C=O) groups is 1. The highest BCUT2D eigenvalue weighted by Crippen LogP contribution is 2.30. The Morgan fingerprint density at radius 1 is 1.48 bits per heavy atom. The number of azide groups is 1. The van der Waals surface area contributed by atoms with Crippen LogP contribution in [0.1, 0.15) is 12.5 Å². The lowest BCUT2D eigenvalue weighted by Crippen LogP contribution is -2.61. The maximum Gasteiger partial charge on any atom is 0.335 e. The first-order chi connectivity index (χ1) is 10.2. The molecule has 112 valence electrons. The Morgan fingerprint density at radius 3 is 2.81 bits per heavy atom. The highest BCUT2D eigenvalue weighted by atomic mass is 16.6. The fourth-order valence-electron chi connectivity index (χ4n) is 2.20. The zero-order valence-electron chi connectivity index (χ0n) is 11.9. The number of rotatable bonds is 6. The third-order valence-corrected chi connectivity index (χ3v) is 3.39. The lowest BCUT2D eigenvalue weighted by atomic mass is 9.94. The van der Waals surface area contributed by atoms with E-state index in [-0.39, 0.29) is 6.10 Å². The molecule has 1 saturated heterocycles. The van der Waals surface area contributed by atoms with Crippen molar-refractivity contribution >= 4 is 5.97 Å². The first-order valence-electron chi connectivity index (χ1n) is 6.60. The summed E-state index contributed by atoms with van der Waals surface area (Å²) < 4.78 is 15.8. The van der Waals surface area contributed by atoms with Crippen LogP contribution in [0.15, 0.2) is 35.4 Å². The van der Waals surface area contributed by atoms with Crippen molar-refractivity contribution in [3.8, 4) is 0 Å². The molecule has 4 atom stereocenters. The number of hydrogen-bond donors (Lipinski definition) is 0. The molecule has 21 heavy (non-hydrogen) atoms. The van der Waals surface area contributed by atoms with Crippen LogP contribution in [0.25, 0.3) is 10.4 Å². The molecule has 1 heterocycles. The van der Waals surface area contributed by atoms with Gasteiger partial charge in [-0.2, -0.15) is 0 Å². The molecule has 1 aromatic carbocycles. The van der Waals surface area contributed by atoms with Gasteiger partial charge in [0.2, 0.25) is 0 Å². The van der Waals surface area contributed by atoms with Crippen molar-refractivity contribution in [1.29, 1.82) is 0 Å². The molecule has 1 aliphatic heterocycles. The van der Waals surface area contributed by atoms with Gasteiger partial charge >= 0.3 is 5.97 Å². The number of carbonyl (C=O) groups excluding carboxylic acids is 1. The lowest BCUT2D eigenvalue weighted by Gasteiger charge is -2.43. The van der Waals surface area contributed by atoms with Crippen molar-refractivity contribution < 1.29 is 19.0 Å². The molecule has 0 N–H and O–H groups in total. The van der Waals surface area contributed by atoms with Crippen LogP contribution in [-0.2, 0) is 25.6 Å². The summed E-state index contributed by atoms with van der Waals surface area (Å²) in [6.07, 6.45) is -1.60.